The minimum Gasteiger partial charge on any atom is -0.482 e. The monoisotopic (exact) mass is 273 g/mol. The van der Waals surface area contributed by atoms with Crippen LogP contribution in [0.2, 0.25) is 0 Å². The Kier molecular flexibility index (Phi) is 3.20. The zero-order valence-electron chi connectivity index (χ0n) is 10.5. The highest BCUT2D eigenvalue weighted by molar-refractivity contribution is 5.95. The van der Waals surface area contributed by atoms with E-state index in [0.29, 0.717) is 18.0 Å². The minimum atomic E-state index is -0.510. The van der Waals surface area contributed by atoms with Crippen LogP contribution in [0.25, 0.3) is 0 Å². The van der Waals surface area contributed by atoms with Gasteiger partial charge in [0.05, 0.1) is 17.6 Å². The van der Waals surface area contributed by atoms with E-state index < -0.39 is 5.95 Å². The van der Waals surface area contributed by atoms with E-state index in [0.717, 1.165) is 11.3 Å². The van der Waals surface area contributed by atoms with Gasteiger partial charge in [0.15, 0.2) is 6.61 Å². The summed E-state index contributed by atoms with van der Waals surface area (Å²) in [5, 5.41) is 5.88. The van der Waals surface area contributed by atoms with Gasteiger partial charge in [0.25, 0.3) is 5.91 Å². The number of nitrogens with one attached hydrogen (secondary N) is 2. The lowest BCUT2D eigenvalue weighted by Crippen LogP contribution is -2.25. The topological polar surface area (TPSA) is 63.2 Å². The number of ether oxygens (including phenoxy) is 1. The molecule has 102 valence electrons. The molecule has 0 saturated carbocycles. The van der Waals surface area contributed by atoms with Crippen LogP contribution in [0.15, 0.2) is 36.5 Å². The molecule has 6 heteroatoms. The predicted molar refractivity (Wildman–Crippen MR) is 72.1 cm³/mol. The van der Waals surface area contributed by atoms with E-state index in [1.165, 1.54) is 12.3 Å². The fraction of sp³-hybridized carbons (Fsp3) is 0.143. The molecule has 0 atom stereocenters. The summed E-state index contributed by atoms with van der Waals surface area (Å²) in [6, 6.07) is 8.47. The number of fused-ring (bicyclic) bond motifs is 1. The number of carbonyl (C=O) groups is 1. The molecule has 1 aromatic heterocycles. The van der Waals surface area contributed by atoms with Crippen LogP contribution in [0.4, 0.5) is 15.8 Å². The summed E-state index contributed by atoms with van der Waals surface area (Å²) in [5.41, 5.74) is 2.36. The van der Waals surface area contributed by atoms with Gasteiger partial charge < -0.3 is 15.4 Å². The van der Waals surface area contributed by atoms with E-state index in [1.807, 2.05) is 18.2 Å². The Morgan fingerprint density at radius 1 is 1.35 bits per heavy atom. The molecular formula is C14H12FN3O2. The van der Waals surface area contributed by atoms with Gasteiger partial charge in [0.2, 0.25) is 5.95 Å². The third-order valence-corrected chi connectivity index (χ3v) is 2.90. The fourth-order valence-corrected chi connectivity index (χ4v) is 1.92. The molecule has 0 fully saturated rings. The lowest BCUT2D eigenvalue weighted by Gasteiger charge is -2.18. The number of aromatic nitrogens is 1. The van der Waals surface area contributed by atoms with Gasteiger partial charge in [-0.1, -0.05) is 6.07 Å². The number of nitrogens with zero attached hydrogens (tertiary/aromatic N) is 1. The lowest BCUT2D eigenvalue weighted by molar-refractivity contribution is -0.118. The SMILES string of the molecule is O=C1COc2ccc(CNc3ccc(F)nc3)cc2N1. The fourth-order valence-electron chi connectivity index (χ4n) is 1.92. The quantitative estimate of drug-likeness (QED) is 0.841. The van der Waals surface area contributed by atoms with Crippen molar-refractivity contribution in [2.75, 3.05) is 17.2 Å². The van der Waals surface area contributed by atoms with E-state index in [1.54, 1.807) is 6.07 Å². The van der Waals surface area contributed by atoms with Crippen molar-refractivity contribution < 1.29 is 13.9 Å². The second-order valence-electron chi connectivity index (χ2n) is 4.39. The molecule has 1 amide bonds. The van der Waals surface area contributed by atoms with Crippen LogP contribution < -0.4 is 15.4 Å². The van der Waals surface area contributed by atoms with Crippen molar-refractivity contribution in [3.63, 3.8) is 0 Å². The van der Waals surface area contributed by atoms with Crippen molar-refractivity contribution in [3.8, 4) is 5.75 Å². The number of anilines is 2. The van der Waals surface area contributed by atoms with Crippen LogP contribution in [0.5, 0.6) is 5.75 Å². The normalized spacial score (nSPS) is 13.2. The summed E-state index contributed by atoms with van der Waals surface area (Å²) in [6.07, 6.45) is 1.43. The van der Waals surface area contributed by atoms with Crippen LogP contribution in [0, 0.1) is 5.95 Å². The van der Waals surface area contributed by atoms with Crippen LogP contribution in [0.1, 0.15) is 5.56 Å². The molecular weight excluding hydrogens is 261 g/mol. The lowest BCUT2D eigenvalue weighted by atomic mass is 10.1. The second-order valence-corrected chi connectivity index (χ2v) is 4.39. The van der Waals surface area contributed by atoms with Crippen molar-refractivity contribution in [3.05, 3.63) is 48.0 Å². The molecule has 3 rings (SSSR count). The maximum absolute atomic E-state index is 12.7. The first-order valence-corrected chi connectivity index (χ1v) is 6.12. The van der Waals surface area contributed by atoms with E-state index in [9.17, 15) is 9.18 Å². The number of hydrogen-bond acceptors (Lipinski definition) is 4. The predicted octanol–water partition coefficient (Wildman–Crippen LogP) is 2.16. The van der Waals surface area contributed by atoms with Crippen LogP contribution in [0.3, 0.4) is 0 Å². The van der Waals surface area contributed by atoms with E-state index >= 15 is 0 Å². The van der Waals surface area contributed by atoms with Crippen molar-refractivity contribution >= 4 is 17.3 Å². The maximum atomic E-state index is 12.7. The van der Waals surface area contributed by atoms with Crippen LogP contribution in [-0.4, -0.2) is 17.5 Å². The van der Waals surface area contributed by atoms with E-state index in [2.05, 4.69) is 15.6 Å². The maximum Gasteiger partial charge on any atom is 0.262 e. The molecule has 1 aromatic carbocycles. The summed E-state index contributed by atoms with van der Waals surface area (Å²) in [5.74, 6) is -0.00802. The Morgan fingerprint density at radius 2 is 2.25 bits per heavy atom. The van der Waals surface area contributed by atoms with Gasteiger partial charge in [-0.25, -0.2) is 4.98 Å². The number of benzene rings is 1. The minimum absolute atomic E-state index is 0.0475. The number of halogens is 1. The number of amides is 1. The Labute approximate surface area is 114 Å². The first-order chi connectivity index (χ1) is 9.70. The number of hydrogen-bond donors (Lipinski definition) is 2. The Balaban J connectivity index is 1.70. The zero-order chi connectivity index (χ0) is 13.9. The standard InChI is InChI=1S/C14H12FN3O2/c15-13-4-2-10(7-17-13)16-6-9-1-3-12-11(5-9)18-14(19)8-20-12/h1-5,7,16H,6,8H2,(H,18,19). The molecule has 0 aliphatic carbocycles. The first kappa shape index (κ1) is 12.4. The van der Waals surface area contributed by atoms with E-state index in [4.69, 9.17) is 4.74 Å². The highest BCUT2D eigenvalue weighted by atomic mass is 19.1. The van der Waals surface area contributed by atoms with Gasteiger partial charge in [0, 0.05) is 6.54 Å². The third-order valence-electron chi connectivity index (χ3n) is 2.90. The largest absolute Gasteiger partial charge is 0.482 e. The summed E-state index contributed by atoms with van der Waals surface area (Å²) in [7, 11) is 0. The smallest absolute Gasteiger partial charge is 0.262 e. The first-order valence-electron chi connectivity index (χ1n) is 6.12. The second kappa shape index (κ2) is 5.16. The van der Waals surface area contributed by atoms with Gasteiger partial charge in [-0.15, -0.1) is 0 Å². The number of carbonyl (C=O) groups excluding carboxylic acids is 1. The molecule has 20 heavy (non-hydrogen) atoms. The van der Waals surface area contributed by atoms with Crippen molar-refractivity contribution in [2.24, 2.45) is 0 Å². The van der Waals surface area contributed by atoms with Gasteiger partial charge in [0.1, 0.15) is 5.75 Å². The van der Waals surface area contributed by atoms with E-state index in [-0.39, 0.29) is 12.5 Å². The summed E-state index contributed by atoms with van der Waals surface area (Å²) >= 11 is 0. The van der Waals surface area contributed by atoms with Crippen LogP contribution in [-0.2, 0) is 11.3 Å². The Bertz CT molecular complexity index is 643. The summed E-state index contributed by atoms with van der Waals surface area (Å²) in [4.78, 5) is 14.8. The molecule has 0 unspecified atom stereocenters. The Hall–Kier alpha value is -2.63. The summed E-state index contributed by atoms with van der Waals surface area (Å²) < 4.78 is 18.0. The molecule has 0 bridgehead atoms. The highest BCUT2D eigenvalue weighted by Crippen LogP contribution is 2.28. The molecule has 5 nitrogen and oxygen atoms in total. The van der Waals surface area contributed by atoms with Crippen molar-refractivity contribution in [1.82, 2.24) is 4.98 Å². The molecule has 1 aliphatic rings. The molecule has 0 spiro atoms. The summed E-state index contributed by atoms with van der Waals surface area (Å²) in [6.45, 7) is 0.586. The zero-order valence-corrected chi connectivity index (χ0v) is 10.5. The number of pyridine rings is 1. The average molecular weight is 273 g/mol. The van der Waals surface area contributed by atoms with Gasteiger partial charge >= 0.3 is 0 Å². The Morgan fingerprint density at radius 3 is 3.05 bits per heavy atom. The van der Waals surface area contributed by atoms with Crippen molar-refractivity contribution in [2.45, 2.75) is 6.54 Å². The molecule has 0 saturated heterocycles. The molecule has 1 aliphatic heterocycles. The van der Waals surface area contributed by atoms with Crippen LogP contribution >= 0.6 is 0 Å². The third kappa shape index (κ3) is 2.69. The highest BCUT2D eigenvalue weighted by Gasteiger charge is 2.15. The molecule has 2 aromatic rings. The van der Waals surface area contributed by atoms with Gasteiger partial charge in [-0.05, 0) is 29.8 Å². The number of rotatable bonds is 3. The molecule has 2 N–H and O–H groups in total. The molecule has 2 heterocycles. The molecule has 0 radical (unpaired) electrons. The average Bonchev–Trinajstić information content (AvgIpc) is 2.46. The van der Waals surface area contributed by atoms with Gasteiger partial charge in [-0.3, -0.25) is 4.79 Å². The van der Waals surface area contributed by atoms with Gasteiger partial charge in [-0.2, -0.15) is 4.39 Å². The van der Waals surface area contributed by atoms with Crippen molar-refractivity contribution in [1.29, 1.82) is 0 Å².